The van der Waals surface area contributed by atoms with Crippen LogP contribution < -0.4 is 5.32 Å². The average molecular weight is 171 g/mol. The number of allylic oxidation sites excluding steroid dienone is 1. The number of rotatable bonds is 7. The Morgan fingerprint density at radius 1 is 1.50 bits per heavy atom. The molecule has 2 heteroatoms. The second-order valence-electron chi connectivity index (χ2n) is 3.57. The molecule has 0 radical (unpaired) electrons. The Kier molecular flexibility index (Phi) is 6.03. The molecule has 0 amide bonds. The first-order valence-corrected chi connectivity index (χ1v) is 4.49. The van der Waals surface area contributed by atoms with Gasteiger partial charge in [0.1, 0.15) is 0 Å². The highest BCUT2D eigenvalue weighted by atomic mass is 16.5. The highest BCUT2D eigenvalue weighted by Gasteiger charge is 2.14. The van der Waals surface area contributed by atoms with E-state index < -0.39 is 0 Å². The molecule has 0 heterocycles. The van der Waals surface area contributed by atoms with E-state index in [1.807, 2.05) is 6.08 Å². The molecule has 0 aliphatic heterocycles. The van der Waals surface area contributed by atoms with E-state index in [2.05, 4.69) is 25.7 Å². The van der Waals surface area contributed by atoms with Crippen LogP contribution in [-0.4, -0.2) is 25.8 Å². The van der Waals surface area contributed by atoms with E-state index in [0.717, 1.165) is 25.9 Å². The quantitative estimate of drug-likeness (QED) is 0.467. The van der Waals surface area contributed by atoms with Crippen LogP contribution in [0.5, 0.6) is 0 Å². The number of methoxy groups -OCH3 is 1. The van der Waals surface area contributed by atoms with Gasteiger partial charge in [0.25, 0.3) is 0 Å². The van der Waals surface area contributed by atoms with Crippen LogP contribution in [0.1, 0.15) is 26.7 Å². The molecule has 0 fully saturated rings. The van der Waals surface area contributed by atoms with E-state index in [0.29, 0.717) is 0 Å². The van der Waals surface area contributed by atoms with E-state index in [-0.39, 0.29) is 5.60 Å². The maximum absolute atomic E-state index is 5.26. The summed E-state index contributed by atoms with van der Waals surface area (Å²) < 4.78 is 5.26. The van der Waals surface area contributed by atoms with Crippen LogP contribution in [0.2, 0.25) is 0 Å². The Bertz CT molecular complexity index is 121. The maximum atomic E-state index is 5.26. The fraction of sp³-hybridized carbons (Fsp3) is 0.800. The summed E-state index contributed by atoms with van der Waals surface area (Å²) in [5, 5.41) is 3.34. The van der Waals surface area contributed by atoms with Crippen LogP contribution in [0.15, 0.2) is 12.7 Å². The first-order chi connectivity index (χ1) is 5.62. The van der Waals surface area contributed by atoms with Gasteiger partial charge in [0.05, 0.1) is 5.60 Å². The van der Waals surface area contributed by atoms with Gasteiger partial charge in [0, 0.05) is 13.7 Å². The zero-order valence-electron chi connectivity index (χ0n) is 8.52. The third-order valence-corrected chi connectivity index (χ3v) is 1.87. The minimum atomic E-state index is -0.0474. The van der Waals surface area contributed by atoms with Crippen LogP contribution in [0.3, 0.4) is 0 Å². The van der Waals surface area contributed by atoms with Crippen LogP contribution in [0.25, 0.3) is 0 Å². The fourth-order valence-corrected chi connectivity index (χ4v) is 0.833. The molecular weight excluding hydrogens is 150 g/mol. The largest absolute Gasteiger partial charge is 0.377 e. The van der Waals surface area contributed by atoms with Crippen molar-refractivity contribution in [1.82, 2.24) is 5.32 Å². The molecule has 0 spiro atoms. The van der Waals surface area contributed by atoms with Crippen LogP contribution >= 0.6 is 0 Å². The van der Waals surface area contributed by atoms with Crippen molar-refractivity contribution >= 4 is 0 Å². The molecular formula is C10H21NO. The SMILES string of the molecule is C=CCCCNCC(C)(C)OC. The molecule has 0 saturated carbocycles. The molecule has 2 nitrogen and oxygen atoms in total. The number of ether oxygens (including phenoxy) is 1. The van der Waals surface area contributed by atoms with Gasteiger partial charge in [-0.3, -0.25) is 0 Å². The third kappa shape index (κ3) is 6.38. The van der Waals surface area contributed by atoms with Crippen molar-refractivity contribution in [3.05, 3.63) is 12.7 Å². The molecule has 0 unspecified atom stereocenters. The standard InChI is InChI=1S/C10H21NO/c1-5-6-7-8-11-9-10(2,3)12-4/h5,11H,1,6-9H2,2-4H3. The van der Waals surface area contributed by atoms with Gasteiger partial charge in [0.15, 0.2) is 0 Å². The number of nitrogens with one attached hydrogen (secondary N) is 1. The van der Waals surface area contributed by atoms with Crippen molar-refractivity contribution in [2.45, 2.75) is 32.3 Å². The molecule has 0 aromatic heterocycles. The summed E-state index contributed by atoms with van der Waals surface area (Å²) in [6.45, 7) is 9.77. The smallest absolute Gasteiger partial charge is 0.0746 e. The van der Waals surface area contributed by atoms with Crippen LogP contribution in [0.4, 0.5) is 0 Å². The predicted octanol–water partition coefficient (Wildman–Crippen LogP) is 1.97. The van der Waals surface area contributed by atoms with Gasteiger partial charge in [-0.15, -0.1) is 6.58 Å². The molecule has 0 aromatic rings. The monoisotopic (exact) mass is 171 g/mol. The summed E-state index contributed by atoms with van der Waals surface area (Å²) in [5.74, 6) is 0. The minimum Gasteiger partial charge on any atom is -0.377 e. The zero-order chi connectivity index (χ0) is 9.45. The molecule has 72 valence electrons. The normalized spacial score (nSPS) is 11.6. The van der Waals surface area contributed by atoms with Crippen molar-refractivity contribution < 1.29 is 4.74 Å². The summed E-state index contributed by atoms with van der Waals surface area (Å²) in [6, 6.07) is 0. The molecule has 0 bridgehead atoms. The summed E-state index contributed by atoms with van der Waals surface area (Å²) in [4.78, 5) is 0. The molecule has 1 N–H and O–H groups in total. The van der Waals surface area contributed by atoms with Gasteiger partial charge < -0.3 is 10.1 Å². The molecule has 0 atom stereocenters. The fourth-order valence-electron chi connectivity index (χ4n) is 0.833. The van der Waals surface area contributed by atoms with E-state index >= 15 is 0 Å². The molecule has 0 rings (SSSR count). The van der Waals surface area contributed by atoms with Crippen molar-refractivity contribution in [3.63, 3.8) is 0 Å². The summed E-state index contributed by atoms with van der Waals surface area (Å²) in [7, 11) is 1.74. The second kappa shape index (κ2) is 6.21. The van der Waals surface area contributed by atoms with Gasteiger partial charge in [-0.05, 0) is 33.2 Å². The lowest BCUT2D eigenvalue weighted by atomic mass is 10.1. The highest BCUT2D eigenvalue weighted by Crippen LogP contribution is 2.04. The average Bonchev–Trinajstić information content (AvgIpc) is 2.04. The van der Waals surface area contributed by atoms with E-state index in [4.69, 9.17) is 4.74 Å². The van der Waals surface area contributed by atoms with Gasteiger partial charge >= 0.3 is 0 Å². The minimum absolute atomic E-state index is 0.0474. The lowest BCUT2D eigenvalue weighted by molar-refractivity contribution is 0.0234. The first kappa shape index (κ1) is 11.7. The van der Waals surface area contributed by atoms with Crippen molar-refractivity contribution in [2.24, 2.45) is 0 Å². The molecule has 0 aromatic carbocycles. The Morgan fingerprint density at radius 3 is 2.67 bits per heavy atom. The van der Waals surface area contributed by atoms with E-state index in [1.165, 1.54) is 0 Å². The van der Waals surface area contributed by atoms with Gasteiger partial charge in [0.2, 0.25) is 0 Å². The van der Waals surface area contributed by atoms with Crippen LogP contribution in [0, 0.1) is 0 Å². The van der Waals surface area contributed by atoms with Crippen molar-refractivity contribution in [3.8, 4) is 0 Å². The number of hydrogen-bond acceptors (Lipinski definition) is 2. The first-order valence-electron chi connectivity index (χ1n) is 4.49. The second-order valence-corrected chi connectivity index (χ2v) is 3.57. The van der Waals surface area contributed by atoms with Gasteiger partial charge in [-0.2, -0.15) is 0 Å². The van der Waals surface area contributed by atoms with E-state index in [1.54, 1.807) is 7.11 Å². The lowest BCUT2D eigenvalue weighted by Gasteiger charge is -2.23. The molecule has 12 heavy (non-hydrogen) atoms. The van der Waals surface area contributed by atoms with Gasteiger partial charge in [-0.1, -0.05) is 6.08 Å². The number of unbranched alkanes of at least 4 members (excludes halogenated alkanes) is 1. The Balaban J connectivity index is 3.24. The summed E-state index contributed by atoms with van der Waals surface area (Å²) >= 11 is 0. The van der Waals surface area contributed by atoms with Crippen molar-refractivity contribution in [2.75, 3.05) is 20.2 Å². The number of hydrogen-bond donors (Lipinski definition) is 1. The summed E-state index contributed by atoms with van der Waals surface area (Å²) in [6.07, 6.45) is 4.19. The topological polar surface area (TPSA) is 21.3 Å². The Hall–Kier alpha value is -0.340. The van der Waals surface area contributed by atoms with E-state index in [9.17, 15) is 0 Å². The highest BCUT2D eigenvalue weighted by molar-refractivity contribution is 4.72. The van der Waals surface area contributed by atoms with Crippen LogP contribution in [-0.2, 0) is 4.74 Å². The van der Waals surface area contributed by atoms with Crippen molar-refractivity contribution in [1.29, 1.82) is 0 Å². The Labute approximate surface area is 76.0 Å². The zero-order valence-corrected chi connectivity index (χ0v) is 8.52. The molecule has 0 aliphatic carbocycles. The predicted molar refractivity (Wildman–Crippen MR) is 53.4 cm³/mol. The third-order valence-electron chi connectivity index (χ3n) is 1.87. The Morgan fingerprint density at radius 2 is 2.17 bits per heavy atom. The van der Waals surface area contributed by atoms with Gasteiger partial charge in [-0.25, -0.2) is 0 Å². The molecule has 0 aliphatic rings. The maximum Gasteiger partial charge on any atom is 0.0746 e. The lowest BCUT2D eigenvalue weighted by Crippen LogP contribution is -2.37. The summed E-state index contributed by atoms with van der Waals surface area (Å²) in [5.41, 5.74) is -0.0474. The molecule has 0 saturated heterocycles.